The van der Waals surface area contributed by atoms with Crippen LogP contribution in [0.15, 0.2) is 61.3 Å². The predicted octanol–water partition coefficient (Wildman–Crippen LogP) is 3.95. The van der Waals surface area contributed by atoms with Crippen molar-refractivity contribution in [3.8, 4) is 33.9 Å². The van der Waals surface area contributed by atoms with Gasteiger partial charge in [-0.25, -0.2) is 36.9 Å². The number of hydrogen-bond acceptors (Lipinski definition) is 7. The molecule has 3 N–H and O–H groups in total. The lowest BCUT2D eigenvalue weighted by molar-refractivity contribution is 0.586. The van der Waals surface area contributed by atoms with Crippen molar-refractivity contribution in [1.82, 2.24) is 39.8 Å². The average molecular weight is 533 g/mol. The second kappa shape index (κ2) is 9.04. The van der Waals surface area contributed by atoms with Crippen LogP contribution in [0.3, 0.4) is 0 Å². The van der Waals surface area contributed by atoms with Crippen molar-refractivity contribution in [2.75, 3.05) is 6.26 Å². The number of nitrogens with zero attached hydrogens (tertiary/aromatic N) is 5. The van der Waals surface area contributed by atoms with Crippen LogP contribution >= 0.6 is 0 Å². The number of benzene rings is 2. The van der Waals surface area contributed by atoms with Gasteiger partial charge in [-0.05, 0) is 35.9 Å². The molecule has 4 aromatic heterocycles. The van der Waals surface area contributed by atoms with Crippen molar-refractivity contribution in [3.05, 3.63) is 78.5 Å². The normalized spacial score (nSPS) is 12.0. The van der Waals surface area contributed by atoms with Gasteiger partial charge in [0.2, 0.25) is 10.0 Å². The molecule has 0 aliphatic rings. The molecule has 10 nitrogen and oxygen atoms in total. The zero-order valence-electron chi connectivity index (χ0n) is 19.7. The van der Waals surface area contributed by atoms with Crippen molar-refractivity contribution in [1.29, 1.82) is 0 Å². The fraction of sp³-hybridized carbons (Fsp3) is 0.0800. The first kappa shape index (κ1) is 23.8. The third-order valence-corrected chi connectivity index (χ3v) is 6.59. The lowest BCUT2D eigenvalue weighted by Crippen LogP contribution is -2.21. The fourth-order valence-electron chi connectivity index (χ4n) is 4.24. The van der Waals surface area contributed by atoms with Gasteiger partial charge in [0.1, 0.15) is 29.2 Å². The van der Waals surface area contributed by atoms with E-state index in [2.05, 4.69) is 34.9 Å². The predicted molar refractivity (Wildman–Crippen MR) is 137 cm³/mol. The van der Waals surface area contributed by atoms with Crippen LogP contribution in [-0.4, -0.2) is 49.8 Å². The van der Waals surface area contributed by atoms with Gasteiger partial charge in [0.15, 0.2) is 5.82 Å². The van der Waals surface area contributed by atoms with Crippen molar-refractivity contribution in [2.45, 2.75) is 6.54 Å². The minimum atomic E-state index is -3.46. The topological polar surface area (TPSA) is 142 Å². The molecule has 6 aromatic rings. The third-order valence-electron chi connectivity index (χ3n) is 5.92. The van der Waals surface area contributed by atoms with E-state index in [1.807, 2.05) is 0 Å². The zero-order valence-corrected chi connectivity index (χ0v) is 20.5. The standard InChI is InChI=1S/C25H18F2N8O2S/c1-38(36,37)31-9-13-4-14(6-16(26)5-13)22-24-20(2-3-30-22)32-25(33-24)23-18-7-17(15-10-28-12-29-11-15)19(27)8-21(18)34-35-23/h2-8,10-12,31H,9H2,1H3,(H,32,33)(H,34,35). The summed E-state index contributed by atoms with van der Waals surface area (Å²) in [5.74, 6) is -0.594. The molecule has 2 aromatic carbocycles. The van der Waals surface area contributed by atoms with Gasteiger partial charge < -0.3 is 4.98 Å². The molecule has 0 aliphatic heterocycles. The second-order valence-electron chi connectivity index (χ2n) is 8.66. The number of imidazole rings is 1. The van der Waals surface area contributed by atoms with Crippen LogP contribution in [0.5, 0.6) is 0 Å². The summed E-state index contributed by atoms with van der Waals surface area (Å²) < 4.78 is 54.6. The van der Waals surface area contributed by atoms with E-state index in [-0.39, 0.29) is 6.54 Å². The van der Waals surface area contributed by atoms with Gasteiger partial charge in [-0.2, -0.15) is 5.10 Å². The number of hydrogen-bond donors (Lipinski definition) is 3. The van der Waals surface area contributed by atoms with E-state index in [1.54, 1.807) is 24.4 Å². The Bertz CT molecular complexity index is 1940. The lowest BCUT2D eigenvalue weighted by atomic mass is 10.0. The SMILES string of the molecule is CS(=O)(=O)NCc1cc(F)cc(-c2nccc3[nH]c(-c4n[nH]c5cc(F)c(-c6cncnc6)cc45)nc23)c1. The number of sulfonamides is 1. The molecule has 0 aliphatic carbocycles. The molecule has 0 bridgehead atoms. The number of nitrogens with one attached hydrogen (secondary N) is 3. The Kier molecular flexibility index (Phi) is 5.65. The number of pyridine rings is 1. The Morgan fingerprint density at radius 1 is 0.974 bits per heavy atom. The molecule has 0 atom stereocenters. The first-order chi connectivity index (χ1) is 18.2. The van der Waals surface area contributed by atoms with E-state index in [0.717, 1.165) is 6.26 Å². The summed E-state index contributed by atoms with van der Waals surface area (Å²) in [4.78, 5) is 20.3. The van der Waals surface area contributed by atoms with Crippen LogP contribution in [0.4, 0.5) is 8.78 Å². The summed E-state index contributed by atoms with van der Waals surface area (Å²) in [5, 5.41) is 7.81. The van der Waals surface area contributed by atoms with E-state index in [1.165, 1.54) is 36.9 Å². The van der Waals surface area contributed by atoms with Crippen LogP contribution < -0.4 is 4.72 Å². The van der Waals surface area contributed by atoms with Crippen LogP contribution in [-0.2, 0) is 16.6 Å². The van der Waals surface area contributed by atoms with Crippen molar-refractivity contribution < 1.29 is 17.2 Å². The lowest BCUT2D eigenvalue weighted by Gasteiger charge is -2.07. The summed E-state index contributed by atoms with van der Waals surface area (Å²) in [6, 6.07) is 8.94. The molecular formula is C25H18F2N8O2S. The number of H-pyrrole nitrogens is 2. The number of aromatic amines is 2. The Morgan fingerprint density at radius 2 is 1.79 bits per heavy atom. The second-order valence-corrected chi connectivity index (χ2v) is 10.5. The molecule has 0 unspecified atom stereocenters. The highest BCUT2D eigenvalue weighted by Gasteiger charge is 2.19. The van der Waals surface area contributed by atoms with Crippen molar-refractivity contribution in [2.24, 2.45) is 0 Å². The smallest absolute Gasteiger partial charge is 0.209 e. The van der Waals surface area contributed by atoms with Gasteiger partial charge in [0, 0.05) is 53.3 Å². The van der Waals surface area contributed by atoms with E-state index in [0.29, 0.717) is 61.4 Å². The quantitative estimate of drug-likeness (QED) is 0.295. The highest BCUT2D eigenvalue weighted by molar-refractivity contribution is 7.88. The van der Waals surface area contributed by atoms with Crippen LogP contribution in [0, 0.1) is 11.6 Å². The molecule has 0 saturated heterocycles. The number of fused-ring (bicyclic) bond motifs is 2. The minimum Gasteiger partial charge on any atom is -0.336 e. The highest BCUT2D eigenvalue weighted by atomic mass is 32.2. The summed E-state index contributed by atoms with van der Waals surface area (Å²) in [7, 11) is -3.46. The Labute approximate surface area is 214 Å². The molecule has 0 radical (unpaired) electrons. The Balaban J connectivity index is 1.45. The van der Waals surface area contributed by atoms with Gasteiger partial charge in [0.25, 0.3) is 0 Å². The molecule has 0 spiro atoms. The van der Waals surface area contributed by atoms with E-state index in [9.17, 15) is 17.2 Å². The molecule has 13 heteroatoms. The monoisotopic (exact) mass is 532 g/mol. The van der Waals surface area contributed by atoms with Gasteiger partial charge in [-0.15, -0.1) is 0 Å². The number of rotatable bonds is 6. The maximum Gasteiger partial charge on any atom is 0.209 e. The minimum absolute atomic E-state index is 0.0734. The molecule has 0 amide bonds. The van der Waals surface area contributed by atoms with Crippen molar-refractivity contribution >= 4 is 32.0 Å². The third kappa shape index (κ3) is 4.48. The maximum atomic E-state index is 14.8. The Hall–Kier alpha value is -4.62. The zero-order chi connectivity index (χ0) is 26.4. The molecular weight excluding hydrogens is 514 g/mol. The molecule has 190 valence electrons. The van der Waals surface area contributed by atoms with E-state index >= 15 is 0 Å². The molecule has 0 saturated carbocycles. The highest BCUT2D eigenvalue weighted by Crippen LogP contribution is 2.33. The average Bonchev–Trinajstić information content (AvgIpc) is 3.50. The molecule has 0 fully saturated rings. The largest absolute Gasteiger partial charge is 0.336 e. The van der Waals surface area contributed by atoms with Gasteiger partial charge in [-0.3, -0.25) is 10.1 Å². The maximum absolute atomic E-state index is 14.8. The van der Waals surface area contributed by atoms with E-state index < -0.39 is 21.7 Å². The summed E-state index contributed by atoms with van der Waals surface area (Å²) in [6.45, 7) is -0.0734. The van der Waals surface area contributed by atoms with E-state index in [4.69, 9.17) is 4.98 Å². The fourth-order valence-corrected chi connectivity index (χ4v) is 4.67. The summed E-state index contributed by atoms with van der Waals surface area (Å²) in [6.07, 6.45) is 7.01. The summed E-state index contributed by atoms with van der Waals surface area (Å²) in [5.41, 5.74) is 4.11. The number of halogens is 2. The molecule has 6 rings (SSSR count). The first-order valence-corrected chi connectivity index (χ1v) is 13.2. The van der Waals surface area contributed by atoms with Gasteiger partial charge >= 0.3 is 0 Å². The van der Waals surface area contributed by atoms with Crippen molar-refractivity contribution in [3.63, 3.8) is 0 Å². The van der Waals surface area contributed by atoms with Crippen LogP contribution in [0.1, 0.15) is 5.56 Å². The van der Waals surface area contributed by atoms with Gasteiger partial charge in [0.05, 0.1) is 23.0 Å². The first-order valence-electron chi connectivity index (χ1n) is 11.3. The Morgan fingerprint density at radius 3 is 2.58 bits per heavy atom. The van der Waals surface area contributed by atoms with Gasteiger partial charge in [-0.1, -0.05) is 0 Å². The van der Waals surface area contributed by atoms with Crippen LogP contribution in [0.25, 0.3) is 55.8 Å². The molecule has 4 heterocycles. The molecule has 38 heavy (non-hydrogen) atoms. The number of aromatic nitrogens is 7. The van der Waals surface area contributed by atoms with Crippen LogP contribution in [0.2, 0.25) is 0 Å². The summed E-state index contributed by atoms with van der Waals surface area (Å²) >= 11 is 0.